The van der Waals surface area contributed by atoms with Crippen LogP contribution in [0.1, 0.15) is 12.8 Å². The summed E-state index contributed by atoms with van der Waals surface area (Å²) in [4.78, 5) is 52.6. The number of carboxylic acids is 2. The number of hydrogen-bond acceptors (Lipinski definition) is 6. The lowest BCUT2D eigenvalue weighted by molar-refractivity contribution is -0.147. The van der Waals surface area contributed by atoms with Crippen LogP contribution in [0.5, 0.6) is 0 Å². The largest absolute Gasteiger partial charge is 0.481 e. The number of fused-ring (bicyclic) bond motifs is 4. The maximum atomic E-state index is 12.7. The molecule has 4 bridgehead atoms. The first-order valence-corrected chi connectivity index (χ1v) is 10.2. The number of H-pyrrole nitrogens is 1. The van der Waals surface area contributed by atoms with Gasteiger partial charge in [-0.15, -0.1) is 5.10 Å². The smallest absolute Gasteiger partial charge is 0.307 e. The molecule has 2 saturated carbocycles. The van der Waals surface area contributed by atoms with Gasteiger partial charge in [-0.2, -0.15) is 4.98 Å². The Kier molecular flexibility index (Phi) is 4.42. The average molecular weight is 427 g/mol. The zero-order valence-electron chi connectivity index (χ0n) is 16.3. The van der Waals surface area contributed by atoms with Crippen molar-refractivity contribution in [2.45, 2.75) is 12.8 Å². The van der Waals surface area contributed by atoms with Crippen molar-refractivity contribution in [2.24, 2.45) is 47.3 Å². The molecule has 1 aromatic heterocycles. The van der Waals surface area contributed by atoms with Crippen molar-refractivity contribution in [3.63, 3.8) is 0 Å². The van der Waals surface area contributed by atoms with Crippen molar-refractivity contribution in [1.82, 2.24) is 15.2 Å². The van der Waals surface area contributed by atoms with E-state index >= 15 is 0 Å². The molecule has 0 aliphatic heterocycles. The molecule has 4 aliphatic rings. The van der Waals surface area contributed by atoms with E-state index in [-0.39, 0.29) is 35.6 Å². The number of carbonyl (C=O) groups excluding carboxylic acids is 2. The lowest BCUT2D eigenvalue weighted by Gasteiger charge is -2.23. The van der Waals surface area contributed by atoms with Crippen molar-refractivity contribution in [3.8, 4) is 0 Å². The van der Waals surface area contributed by atoms with Gasteiger partial charge in [0.2, 0.25) is 23.7 Å². The van der Waals surface area contributed by atoms with E-state index in [9.17, 15) is 29.4 Å². The number of carboxylic acid groups (broad SMARTS) is 2. The summed E-state index contributed by atoms with van der Waals surface area (Å²) >= 11 is 0. The lowest BCUT2D eigenvalue weighted by Crippen LogP contribution is -2.37. The Balaban J connectivity index is 1.25. The van der Waals surface area contributed by atoms with E-state index in [4.69, 9.17) is 0 Å². The zero-order valence-corrected chi connectivity index (χ0v) is 16.3. The quantitative estimate of drug-likeness (QED) is 0.413. The van der Waals surface area contributed by atoms with Crippen LogP contribution in [-0.4, -0.2) is 49.1 Å². The highest BCUT2D eigenvalue weighted by Gasteiger charge is 2.53. The summed E-state index contributed by atoms with van der Waals surface area (Å²) in [5, 5.41) is 30.4. The predicted octanol–water partition coefficient (Wildman–Crippen LogP) is 0.727. The molecule has 0 saturated heterocycles. The molecule has 0 aromatic carbocycles. The van der Waals surface area contributed by atoms with Gasteiger partial charge in [-0.05, 0) is 36.5 Å². The molecule has 5 N–H and O–H groups in total. The van der Waals surface area contributed by atoms with Gasteiger partial charge in [-0.3, -0.25) is 29.8 Å². The molecule has 0 radical (unpaired) electrons. The summed E-state index contributed by atoms with van der Waals surface area (Å²) in [5.74, 6) is -6.61. The Bertz CT molecular complexity index is 953. The van der Waals surface area contributed by atoms with Crippen LogP contribution in [0.3, 0.4) is 0 Å². The second-order valence-corrected chi connectivity index (χ2v) is 8.66. The molecule has 31 heavy (non-hydrogen) atoms. The summed E-state index contributed by atoms with van der Waals surface area (Å²) in [6, 6.07) is 0. The second kappa shape index (κ2) is 7.03. The van der Waals surface area contributed by atoms with E-state index in [1.54, 1.807) is 0 Å². The minimum Gasteiger partial charge on any atom is -0.481 e. The van der Waals surface area contributed by atoms with Crippen LogP contribution in [0.15, 0.2) is 24.3 Å². The normalized spacial score (nSPS) is 36.6. The molecular weight excluding hydrogens is 406 g/mol. The van der Waals surface area contributed by atoms with E-state index < -0.39 is 47.4 Å². The summed E-state index contributed by atoms with van der Waals surface area (Å²) in [6.45, 7) is 0. The number of anilines is 2. The van der Waals surface area contributed by atoms with Gasteiger partial charge < -0.3 is 10.2 Å². The molecule has 8 atom stereocenters. The number of rotatable bonds is 6. The van der Waals surface area contributed by atoms with Crippen LogP contribution in [-0.2, 0) is 19.2 Å². The van der Waals surface area contributed by atoms with Gasteiger partial charge in [0.05, 0.1) is 23.7 Å². The van der Waals surface area contributed by atoms with Crippen molar-refractivity contribution in [2.75, 3.05) is 10.6 Å². The summed E-state index contributed by atoms with van der Waals surface area (Å²) in [7, 11) is 0. The first-order chi connectivity index (χ1) is 14.8. The Labute approximate surface area is 176 Å². The molecule has 2 fully saturated rings. The highest BCUT2D eigenvalue weighted by Crippen LogP contribution is 2.49. The molecule has 11 nitrogen and oxygen atoms in total. The molecule has 162 valence electrons. The number of aromatic nitrogens is 3. The summed E-state index contributed by atoms with van der Waals surface area (Å²) < 4.78 is 0. The average Bonchev–Trinajstić information content (AvgIpc) is 3.51. The van der Waals surface area contributed by atoms with Gasteiger partial charge in [0.15, 0.2) is 0 Å². The van der Waals surface area contributed by atoms with Gasteiger partial charge in [-0.1, -0.05) is 24.3 Å². The number of nitrogens with one attached hydrogen (secondary N) is 3. The van der Waals surface area contributed by atoms with E-state index in [0.29, 0.717) is 12.8 Å². The number of allylic oxidation sites excluding steroid dienone is 4. The molecule has 2 amide bonds. The van der Waals surface area contributed by atoms with Crippen LogP contribution in [0.25, 0.3) is 0 Å². The minimum atomic E-state index is -1.01. The standard InChI is InChI=1S/C20H21N5O6/c26-15(11-7-1-3-9(5-7)13(11)17(28)29)21-19-23-20(25-24-19)22-16(27)12-8-2-4-10(6-8)14(12)18(30)31/h1-4,7-14H,5-6H2,(H,28,29)(H,30,31)(H3,21,22,23,24,25,26,27). The Morgan fingerprint density at radius 2 is 1.23 bits per heavy atom. The van der Waals surface area contributed by atoms with E-state index in [1.807, 2.05) is 24.3 Å². The second-order valence-electron chi connectivity index (χ2n) is 8.66. The maximum Gasteiger partial charge on any atom is 0.307 e. The van der Waals surface area contributed by atoms with Gasteiger partial charge in [0.1, 0.15) is 0 Å². The van der Waals surface area contributed by atoms with E-state index in [1.165, 1.54) is 0 Å². The van der Waals surface area contributed by atoms with E-state index in [2.05, 4.69) is 25.8 Å². The van der Waals surface area contributed by atoms with Crippen molar-refractivity contribution in [3.05, 3.63) is 24.3 Å². The van der Waals surface area contributed by atoms with Crippen molar-refractivity contribution < 1.29 is 29.4 Å². The van der Waals surface area contributed by atoms with Crippen molar-refractivity contribution >= 4 is 35.6 Å². The molecule has 0 spiro atoms. The fourth-order valence-electron chi connectivity index (χ4n) is 5.80. The zero-order chi connectivity index (χ0) is 21.9. The maximum absolute atomic E-state index is 12.7. The summed E-state index contributed by atoms with van der Waals surface area (Å²) in [5.41, 5.74) is 0. The summed E-state index contributed by atoms with van der Waals surface area (Å²) in [6.07, 6.45) is 8.72. The van der Waals surface area contributed by atoms with Crippen LogP contribution >= 0.6 is 0 Å². The fourth-order valence-corrected chi connectivity index (χ4v) is 5.80. The number of nitrogens with zero attached hydrogens (tertiary/aromatic N) is 2. The van der Waals surface area contributed by atoms with Crippen LogP contribution in [0, 0.1) is 47.3 Å². The van der Waals surface area contributed by atoms with Crippen LogP contribution in [0.4, 0.5) is 11.9 Å². The molecule has 11 heteroatoms. The number of hydrogen-bond donors (Lipinski definition) is 5. The Morgan fingerprint density at radius 1 is 0.774 bits per heavy atom. The number of aliphatic carboxylic acids is 2. The number of amides is 2. The predicted molar refractivity (Wildman–Crippen MR) is 104 cm³/mol. The van der Waals surface area contributed by atoms with Crippen molar-refractivity contribution in [1.29, 1.82) is 0 Å². The topological polar surface area (TPSA) is 174 Å². The van der Waals surface area contributed by atoms with Gasteiger partial charge in [-0.25, -0.2) is 5.10 Å². The third kappa shape index (κ3) is 3.11. The van der Waals surface area contributed by atoms with Crippen LogP contribution < -0.4 is 10.6 Å². The third-order valence-electron chi connectivity index (χ3n) is 7.06. The fraction of sp³-hybridized carbons (Fsp3) is 0.500. The molecule has 8 unspecified atom stereocenters. The van der Waals surface area contributed by atoms with E-state index in [0.717, 1.165) is 0 Å². The third-order valence-corrected chi connectivity index (χ3v) is 7.06. The van der Waals surface area contributed by atoms with Gasteiger partial charge in [0.25, 0.3) is 0 Å². The molecule has 1 aromatic rings. The Morgan fingerprint density at radius 3 is 1.71 bits per heavy atom. The highest BCUT2D eigenvalue weighted by atomic mass is 16.4. The highest BCUT2D eigenvalue weighted by molar-refractivity contribution is 5.97. The molecular formula is C20H21N5O6. The molecule has 1 heterocycles. The Hall–Kier alpha value is -3.50. The lowest BCUT2D eigenvalue weighted by atomic mass is 9.82. The van der Waals surface area contributed by atoms with Gasteiger partial charge in [0, 0.05) is 0 Å². The minimum absolute atomic E-state index is 0.0150. The first kappa shape index (κ1) is 19.5. The SMILES string of the molecule is O=C(O)C1C2C=CC(C2)C1C(=O)Nc1n[nH]c(NC(=O)C2C3C=CC(C3)C2C(=O)O)n1. The van der Waals surface area contributed by atoms with Gasteiger partial charge >= 0.3 is 11.9 Å². The number of carbonyl (C=O) groups is 4. The molecule has 4 aliphatic carbocycles. The number of aromatic amines is 1. The first-order valence-electron chi connectivity index (χ1n) is 10.2. The molecule has 5 rings (SSSR count). The monoisotopic (exact) mass is 427 g/mol. The van der Waals surface area contributed by atoms with Crippen LogP contribution in [0.2, 0.25) is 0 Å².